The molecule has 36 heavy (non-hydrogen) atoms. The highest BCUT2D eigenvalue weighted by atomic mass is 35.5. The largest absolute Gasteiger partial charge is 0.858 e. The topological polar surface area (TPSA) is 134 Å². The molecule has 0 N–H and O–H groups in total. The number of aliphatic imine (C=N–C) groups is 1. The molecule has 0 saturated carbocycles. The van der Waals surface area contributed by atoms with Gasteiger partial charge in [-0.15, -0.1) is 4.80 Å². The Bertz CT molecular complexity index is 1670. The van der Waals surface area contributed by atoms with Gasteiger partial charge in [0.2, 0.25) is 0 Å². The number of nitrogens with zero attached hydrogens (tertiary/aromatic N) is 9. The van der Waals surface area contributed by atoms with Crippen LogP contribution in [0.2, 0.25) is 5.02 Å². The van der Waals surface area contributed by atoms with E-state index in [1.807, 2.05) is 6.07 Å². The number of pyridine rings is 2. The molecule has 0 bridgehead atoms. The number of benzene rings is 1. The maximum atomic E-state index is 14.2. The van der Waals surface area contributed by atoms with Crippen molar-refractivity contribution in [3.8, 4) is 17.6 Å². The van der Waals surface area contributed by atoms with Crippen LogP contribution in [-0.2, 0) is 6.18 Å². The first-order chi connectivity index (χ1) is 17.3. The number of rotatable bonds is 4. The molecule has 5 rings (SSSR count). The summed E-state index contributed by atoms with van der Waals surface area (Å²) in [5.41, 5.74) is -2.22. The van der Waals surface area contributed by atoms with E-state index in [9.17, 15) is 23.5 Å². The van der Waals surface area contributed by atoms with Crippen LogP contribution in [0, 0.1) is 11.3 Å². The van der Waals surface area contributed by atoms with Gasteiger partial charge in [0.25, 0.3) is 0 Å². The van der Waals surface area contributed by atoms with Crippen molar-refractivity contribution in [2.24, 2.45) is 4.99 Å². The molecule has 10 nitrogen and oxygen atoms in total. The molecule has 1 aromatic carbocycles. The number of halogens is 4. The Labute approximate surface area is 204 Å². The molecule has 0 spiro atoms. The van der Waals surface area contributed by atoms with Gasteiger partial charge in [-0.2, -0.15) is 33.7 Å². The molecular weight excluding hydrogens is 499 g/mol. The first kappa shape index (κ1) is 22.9. The van der Waals surface area contributed by atoms with Crippen molar-refractivity contribution in [3.63, 3.8) is 0 Å². The average molecular weight is 509 g/mol. The summed E-state index contributed by atoms with van der Waals surface area (Å²) in [5.74, 6) is -1.06. The Balaban J connectivity index is 1.62. The number of hydrogen-bond acceptors (Lipinski definition) is 8. The van der Waals surface area contributed by atoms with E-state index in [1.165, 1.54) is 24.5 Å². The Morgan fingerprint density at radius 3 is 2.42 bits per heavy atom. The number of alkyl halides is 3. The second kappa shape index (κ2) is 8.75. The highest BCUT2D eigenvalue weighted by Crippen LogP contribution is 2.35. The summed E-state index contributed by atoms with van der Waals surface area (Å²) in [6.45, 7) is 0. The minimum atomic E-state index is -4.97. The lowest BCUT2D eigenvalue weighted by atomic mass is 10.1. The second-order valence-corrected chi connectivity index (χ2v) is 7.61. The predicted octanol–water partition coefficient (Wildman–Crippen LogP) is 3.38. The number of nitriles is 1. The summed E-state index contributed by atoms with van der Waals surface area (Å²) < 4.78 is 43.1. The van der Waals surface area contributed by atoms with Crippen molar-refractivity contribution in [3.05, 3.63) is 83.3 Å². The van der Waals surface area contributed by atoms with Crippen molar-refractivity contribution in [2.45, 2.75) is 6.18 Å². The van der Waals surface area contributed by atoms with Gasteiger partial charge in [-0.1, -0.05) is 35.9 Å². The van der Waals surface area contributed by atoms with Gasteiger partial charge in [-0.25, -0.2) is 14.6 Å². The van der Waals surface area contributed by atoms with E-state index in [4.69, 9.17) is 11.6 Å². The van der Waals surface area contributed by atoms with Crippen molar-refractivity contribution < 1.29 is 18.3 Å². The van der Waals surface area contributed by atoms with Crippen LogP contribution in [0.15, 0.2) is 66.3 Å². The highest BCUT2D eigenvalue weighted by molar-refractivity contribution is 6.32. The molecule has 0 aliphatic rings. The third kappa shape index (κ3) is 3.99. The number of hydrogen-bond donors (Lipinski definition) is 0. The SMILES string of the molecule is N#Cc1ncc(-n2ncc(C([O-])=Nc3cnc(-n4nccn4)c(Cl)c3)c2C(F)(F)F)c2ccccc12. The van der Waals surface area contributed by atoms with Crippen LogP contribution in [0.3, 0.4) is 0 Å². The van der Waals surface area contributed by atoms with Gasteiger partial charge in [0.1, 0.15) is 11.8 Å². The van der Waals surface area contributed by atoms with Gasteiger partial charge in [0, 0.05) is 16.3 Å². The predicted molar refractivity (Wildman–Crippen MR) is 119 cm³/mol. The van der Waals surface area contributed by atoms with Crippen LogP contribution in [0.4, 0.5) is 18.9 Å². The Hall–Kier alpha value is -4.83. The Morgan fingerprint density at radius 1 is 1.03 bits per heavy atom. The van der Waals surface area contributed by atoms with E-state index in [2.05, 4.69) is 30.3 Å². The third-order valence-electron chi connectivity index (χ3n) is 5.02. The standard InChI is InChI=1S/C22H11ClF3N9O/c23-16-7-12(9-29-20(16)35-30-5-6-31-35)33-21(36)15-10-32-34(19(15)22(24,25)26)18-11-28-17(8-27)13-3-1-2-4-14(13)18/h1-7,9-11H,(H,33,36)/p-1. The van der Waals surface area contributed by atoms with Crippen LogP contribution in [-0.4, -0.2) is 40.6 Å². The summed E-state index contributed by atoms with van der Waals surface area (Å²) >= 11 is 6.16. The molecule has 0 aliphatic carbocycles. The molecule has 0 atom stereocenters. The molecule has 0 fully saturated rings. The monoisotopic (exact) mass is 508 g/mol. The van der Waals surface area contributed by atoms with E-state index in [1.54, 1.807) is 18.2 Å². The molecule has 178 valence electrons. The molecule has 0 amide bonds. The zero-order valence-electron chi connectivity index (χ0n) is 17.7. The quantitative estimate of drug-likeness (QED) is 0.268. The Kier molecular flexibility index (Phi) is 5.57. The first-order valence-corrected chi connectivity index (χ1v) is 10.4. The van der Waals surface area contributed by atoms with Gasteiger partial charge < -0.3 is 5.11 Å². The van der Waals surface area contributed by atoms with E-state index in [0.717, 1.165) is 23.4 Å². The minimum Gasteiger partial charge on any atom is -0.858 e. The Morgan fingerprint density at radius 2 is 1.75 bits per heavy atom. The third-order valence-corrected chi connectivity index (χ3v) is 5.30. The van der Waals surface area contributed by atoms with Crippen molar-refractivity contribution >= 4 is 34.0 Å². The lowest BCUT2D eigenvalue weighted by Gasteiger charge is -2.17. The van der Waals surface area contributed by atoms with Crippen LogP contribution in [0.25, 0.3) is 22.3 Å². The second-order valence-electron chi connectivity index (χ2n) is 7.20. The molecule has 0 unspecified atom stereocenters. The average Bonchev–Trinajstić information content (AvgIpc) is 3.54. The summed E-state index contributed by atoms with van der Waals surface area (Å²) in [5, 5.41) is 34.4. The zero-order valence-corrected chi connectivity index (χ0v) is 18.5. The van der Waals surface area contributed by atoms with Crippen molar-refractivity contribution in [2.75, 3.05) is 0 Å². The fraction of sp³-hybridized carbons (Fsp3) is 0.0455. The number of aromatic nitrogens is 7. The first-order valence-electron chi connectivity index (χ1n) is 9.99. The zero-order chi connectivity index (χ0) is 25.4. The summed E-state index contributed by atoms with van der Waals surface area (Å²) in [4.78, 5) is 12.8. The maximum Gasteiger partial charge on any atom is 0.434 e. The normalized spacial score (nSPS) is 12.1. The van der Waals surface area contributed by atoms with Gasteiger partial charge in [-0.05, 0) is 12.0 Å². The van der Waals surface area contributed by atoms with Gasteiger partial charge in [0.15, 0.2) is 11.5 Å². The van der Waals surface area contributed by atoms with E-state index in [0.29, 0.717) is 15.5 Å². The summed E-state index contributed by atoms with van der Waals surface area (Å²) in [6, 6.07) is 9.47. The van der Waals surface area contributed by atoms with Crippen LogP contribution >= 0.6 is 11.6 Å². The summed E-state index contributed by atoms with van der Waals surface area (Å²) in [7, 11) is 0. The summed E-state index contributed by atoms with van der Waals surface area (Å²) in [6.07, 6.45) is 0.861. The molecule has 0 saturated heterocycles. The van der Waals surface area contributed by atoms with Crippen molar-refractivity contribution in [1.82, 2.24) is 34.7 Å². The fourth-order valence-electron chi connectivity index (χ4n) is 3.53. The van der Waals surface area contributed by atoms with E-state index >= 15 is 0 Å². The van der Waals surface area contributed by atoms with Gasteiger partial charge in [-0.3, -0.25) is 4.99 Å². The molecule has 4 heterocycles. The van der Waals surface area contributed by atoms with Crippen LogP contribution in [0.1, 0.15) is 17.0 Å². The lowest BCUT2D eigenvalue weighted by molar-refractivity contribution is -0.213. The highest BCUT2D eigenvalue weighted by Gasteiger charge is 2.39. The molecule has 0 aliphatic heterocycles. The lowest BCUT2D eigenvalue weighted by Crippen LogP contribution is -2.24. The minimum absolute atomic E-state index is 0.0297. The van der Waals surface area contributed by atoms with E-state index in [-0.39, 0.29) is 27.9 Å². The number of fused-ring (bicyclic) bond motifs is 1. The molecular formula is C22H10ClF3N9O-. The molecule has 14 heteroatoms. The van der Waals surface area contributed by atoms with Crippen LogP contribution in [0.5, 0.6) is 0 Å². The smallest absolute Gasteiger partial charge is 0.434 e. The van der Waals surface area contributed by atoms with Gasteiger partial charge in [0.05, 0.1) is 47.4 Å². The molecule has 5 aromatic rings. The van der Waals surface area contributed by atoms with Crippen LogP contribution < -0.4 is 5.11 Å². The van der Waals surface area contributed by atoms with Crippen molar-refractivity contribution in [1.29, 1.82) is 5.26 Å². The fourth-order valence-corrected chi connectivity index (χ4v) is 3.76. The van der Waals surface area contributed by atoms with E-state index < -0.39 is 23.3 Å². The maximum absolute atomic E-state index is 14.2. The molecule has 0 radical (unpaired) electrons. The van der Waals surface area contributed by atoms with Gasteiger partial charge >= 0.3 is 6.18 Å². The molecule has 4 aromatic heterocycles.